The molecule has 4 N–H and O–H groups in total. The molecule has 0 bridgehead atoms. The van der Waals surface area contributed by atoms with Gasteiger partial charge in [0, 0.05) is 22.8 Å². The van der Waals surface area contributed by atoms with Crippen LogP contribution in [0, 0.1) is 6.92 Å². The Morgan fingerprint density at radius 2 is 2.00 bits per heavy atom. The highest BCUT2D eigenvalue weighted by Gasteiger charge is 2.18. The number of nitrogens with one attached hydrogen (secondary N) is 3. The molecule has 0 saturated heterocycles. The lowest BCUT2D eigenvalue weighted by Gasteiger charge is -2.03. The SMILES string of the molecule is Cc1[nH]cc(NC(=O)c2cc3ccccc3[nH]2)c1C(=O)O. The Morgan fingerprint density at radius 3 is 2.71 bits per heavy atom. The summed E-state index contributed by atoms with van der Waals surface area (Å²) in [5.41, 5.74) is 2.05. The molecule has 0 aliphatic heterocycles. The van der Waals surface area contributed by atoms with Crippen LogP contribution in [0.2, 0.25) is 0 Å². The van der Waals surface area contributed by atoms with Crippen LogP contribution in [0.3, 0.4) is 0 Å². The van der Waals surface area contributed by atoms with Crippen LogP contribution in [0.15, 0.2) is 36.5 Å². The molecule has 6 heteroatoms. The van der Waals surface area contributed by atoms with Crippen molar-refractivity contribution in [1.29, 1.82) is 0 Å². The summed E-state index contributed by atoms with van der Waals surface area (Å²) in [5, 5.41) is 12.7. The number of carboxylic acids is 1. The van der Waals surface area contributed by atoms with Crippen molar-refractivity contribution in [2.75, 3.05) is 5.32 Å². The summed E-state index contributed by atoms with van der Waals surface area (Å²) >= 11 is 0. The van der Waals surface area contributed by atoms with Crippen molar-refractivity contribution in [1.82, 2.24) is 9.97 Å². The maximum absolute atomic E-state index is 12.2. The van der Waals surface area contributed by atoms with Crippen molar-refractivity contribution in [3.8, 4) is 0 Å². The molecule has 0 atom stereocenters. The van der Waals surface area contributed by atoms with Crippen molar-refractivity contribution in [2.45, 2.75) is 6.92 Å². The minimum Gasteiger partial charge on any atom is -0.478 e. The fourth-order valence-corrected chi connectivity index (χ4v) is 2.29. The highest BCUT2D eigenvalue weighted by molar-refractivity contribution is 6.09. The fraction of sp³-hybridized carbons (Fsp3) is 0.0667. The largest absolute Gasteiger partial charge is 0.478 e. The van der Waals surface area contributed by atoms with Gasteiger partial charge in [0.25, 0.3) is 5.91 Å². The average Bonchev–Trinajstić information content (AvgIpc) is 3.02. The molecule has 3 aromatic rings. The summed E-state index contributed by atoms with van der Waals surface area (Å²) < 4.78 is 0. The first kappa shape index (κ1) is 13.0. The molecule has 6 nitrogen and oxygen atoms in total. The van der Waals surface area contributed by atoms with Gasteiger partial charge in [-0.1, -0.05) is 18.2 Å². The lowest BCUT2D eigenvalue weighted by Crippen LogP contribution is -2.14. The van der Waals surface area contributed by atoms with E-state index in [1.807, 2.05) is 24.3 Å². The van der Waals surface area contributed by atoms with Gasteiger partial charge in [0.2, 0.25) is 0 Å². The zero-order valence-electron chi connectivity index (χ0n) is 11.2. The van der Waals surface area contributed by atoms with Crippen LogP contribution < -0.4 is 5.32 Å². The average molecular weight is 283 g/mol. The lowest BCUT2D eigenvalue weighted by molar-refractivity contribution is 0.0697. The molecule has 0 aliphatic carbocycles. The van der Waals surface area contributed by atoms with Gasteiger partial charge < -0.3 is 20.4 Å². The number of carbonyl (C=O) groups excluding carboxylic acids is 1. The minimum atomic E-state index is -1.08. The molecular weight excluding hydrogens is 270 g/mol. The standard InChI is InChI=1S/C15H13N3O3/c1-8-13(15(20)21)12(7-16-8)18-14(19)11-6-9-4-2-3-5-10(9)17-11/h2-7,16-17H,1H3,(H,18,19)(H,20,21). The smallest absolute Gasteiger partial charge is 0.339 e. The molecule has 0 saturated carbocycles. The lowest BCUT2D eigenvalue weighted by atomic mass is 10.2. The Morgan fingerprint density at radius 1 is 1.24 bits per heavy atom. The molecule has 0 fully saturated rings. The molecule has 2 heterocycles. The maximum Gasteiger partial charge on any atom is 0.339 e. The van der Waals surface area contributed by atoms with E-state index in [1.54, 1.807) is 13.0 Å². The number of hydrogen-bond acceptors (Lipinski definition) is 2. The van der Waals surface area contributed by atoms with E-state index in [0.717, 1.165) is 10.9 Å². The first-order valence-corrected chi connectivity index (χ1v) is 6.36. The summed E-state index contributed by atoms with van der Waals surface area (Å²) in [6.45, 7) is 1.64. The zero-order valence-corrected chi connectivity index (χ0v) is 11.2. The van der Waals surface area contributed by atoms with E-state index in [1.165, 1.54) is 6.20 Å². The Hall–Kier alpha value is -3.02. The van der Waals surface area contributed by atoms with Crippen LogP contribution in [0.4, 0.5) is 5.69 Å². The van der Waals surface area contributed by atoms with E-state index in [2.05, 4.69) is 15.3 Å². The van der Waals surface area contributed by atoms with E-state index in [0.29, 0.717) is 11.4 Å². The van der Waals surface area contributed by atoms with Crippen LogP contribution in [0.5, 0.6) is 0 Å². The predicted molar refractivity (Wildman–Crippen MR) is 78.7 cm³/mol. The molecule has 2 aromatic heterocycles. The Labute approximate surface area is 119 Å². The van der Waals surface area contributed by atoms with Gasteiger partial charge in [-0.3, -0.25) is 4.79 Å². The number of carboxylic acid groups (broad SMARTS) is 1. The number of amides is 1. The highest BCUT2D eigenvalue weighted by Crippen LogP contribution is 2.21. The third-order valence-corrected chi connectivity index (χ3v) is 3.31. The number of aromatic carboxylic acids is 1. The number of para-hydroxylation sites is 1. The van der Waals surface area contributed by atoms with Gasteiger partial charge in [-0.05, 0) is 19.1 Å². The molecule has 0 radical (unpaired) electrons. The first-order valence-electron chi connectivity index (χ1n) is 6.36. The Balaban J connectivity index is 1.91. The third-order valence-electron chi connectivity index (χ3n) is 3.31. The topological polar surface area (TPSA) is 98.0 Å². The normalized spacial score (nSPS) is 10.7. The number of anilines is 1. The molecule has 1 amide bonds. The zero-order chi connectivity index (χ0) is 15.0. The van der Waals surface area contributed by atoms with Gasteiger partial charge in [0.05, 0.1) is 5.69 Å². The summed E-state index contributed by atoms with van der Waals surface area (Å²) in [5.74, 6) is -1.46. The molecule has 0 aliphatic rings. The van der Waals surface area contributed by atoms with Crippen LogP contribution in [-0.4, -0.2) is 27.0 Å². The monoisotopic (exact) mass is 283 g/mol. The summed E-state index contributed by atoms with van der Waals surface area (Å²) in [6, 6.07) is 9.25. The first-order chi connectivity index (χ1) is 10.1. The van der Waals surface area contributed by atoms with Gasteiger partial charge in [-0.2, -0.15) is 0 Å². The van der Waals surface area contributed by atoms with E-state index in [4.69, 9.17) is 5.11 Å². The van der Waals surface area contributed by atoms with E-state index >= 15 is 0 Å². The number of aryl methyl sites for hydroxylation is 1. The summed E-state index contributed by atoms with van der Waals surface area (Å²) in [6.07, 6.45) is 1.47. The van der Waals surface area contributed by atoms with Crippen LogP contribution in [0.25, 0.3) is 10.9 Å². The van der Waals surface area contributed by atoms with Crippen molar-refractivity contribution in [2.24, 2.45) is 0 Å². The predicted octanol–water partition coefficient (Wildman–Crippen LogP) is 2.75. The van der Waals surface area contributed by atoms with Gasteiger partial charge in [0.1, 0.15) is 11.3 Å². The Kier molecular flexibility index (Phi) is 2.98. The van der Waals surface area contributed by atoms with Gasteiger partial charge >= 0.3 is 5.97 Å². The number of aromatic nitrogens is 2. The molecule has 1 aromatic carbocycles. The van der Waals surface area contributed by atoms with Gasteiger partial charge in [-0.25, -0.2) is 4.79 Å². The minimum absolute atomic E-state index is 0.0689. The quantitative estimate of drug-likeness (QED) is 0.595. The summed E-state index contributed by atoms with van der Waals surface area (Å²) in [4.78, 5) is 29.2. The van der Waals surface area contributed by atoms with E-state index in [-0.39, 0.29) is 17.2 Å². The molecule has 0 spiro atoms. The second-order valence-electron chi connectivity index (χ2n) is 4.73. The maximum atomic E-state index is 12.2. The number of fused-ring (bicyclic) bond motifs is 1. The number of carbonyl (C=O) groups is 2. The number of aromatic amines is 2. The second-order valence-corrected chi connectivity index (χ2v) is 4.73. The third kappa shape index (κ3) is 2.27. The number of H-pyrrole nitrogens is 2. The fourth-order valence-electron chi connectivity index (χ4n) is 2.29. The van der Waals surface area contributed by atoms with Crippen molar-refractivity contribution < 1.29 is 14.7 Å². The van der Waals surface area contributed by atoms with E-state index in [9.17, 15) is 9.59 Å². The second kappa shape index (κ2) is 4.82. The van der Waals surface area contributed by atoms with Crippen LogP contribution >= 0.6 is 0 Å². The number of hydrogen-bond donors (Lipinski definition) is 4. The van der Waals surface area contributed by atoms with Crippen molar-refractivity contribution in [3.63, 3.8) is 0 Å². The molecule has 106 valence electrons. The van der Waals surface area contributed by atoms with Crippen LogP contribution in [0.1, 0.15) is 26.5 Å². The van der Waals surface area contributed by atoms with Gasteiger partial charge in [-0.15, -0.1) is 0 Å². The van der Waals surface area contributed by atoms with Crippen molar-refractivity contribution in [3.05, 3.63) is 53.5 Å². The van der Waals surface area contributed by atoms with Crippen LogP contribution in [-0.2, 0) is 0 Å². The highest BCUT2D eigenvalue weighted by atomic mass is 16.4. The Bertz CT molecular complexity index is 812. The van der Waals surface area contributed by atoms with Crippen molar-refractivity contribution >= 4 is 28.5 Å². The molecule has 3 rings (SSSR count). The molecular formula is C15H13N3O3. The summed E-state index contributed by atoms with van der Waals surface area (Å²) in [7, 11) is 0. The number of rotatable bonds is 3. The van der Waals surface area contributed by atoms with E-state index < -0.39 is 5.97 Å². The molecule has 21 heavy (non-hydrogen) atoms. The molecule has 0 unspecified atom stereocenters. The number of benzene rings is 1. The van der Waals surface area contributed by atoms with Gasteiger partial charge in [0.15, 0.2) is 0 Å².